The molecular formula is C29H34Cl2N4O2. The van der Waals surface area contributed by atoms with E-state index >= 15 is 0 Å². The zero-order valence-electron chi connectivity index (χ0n) is 21.3. The highest BCUT2D eigenvalue weighted by atomic mass is 35.5. The molecule has 2 N–H and O–H groups in total. The van der Waals surface area contributed by atoms with Crippen molar-refractivity contribution in [3.8, 4) is 5.75 Å². The van der Waals surface area contributed by atoms with Crippen LogP contribution in [0.5, 0.6) is 5.75 Å². The van der Waals surface area contributed by atoms with Gasteiger partial charge in [0.1, 0.15) is 5.75 Å². The van der Waals surface area contributed by atoms with E-state index in [1.807, 2.05) is 67.6 Å². The molecule has 1 atom stereocenters. The van der Waals surface area contributed by atoms with Gasteiger partial charge in [-0.15, -0.1) is 0 Å². The normalized spacial score (nSPS) is 15.2. The number of benzene rings is 3. The van der Waals surface area contributed by atoms with E-state index in [4.69, 9.17) is 27.9 Å². The van der Waals surface area contributed by atoms with Gasteiger partial charge in [0, 0.05) is 56.6 Å². The van der Waals surface area contributed by atoms with Crippen LogP contribution >= 0.6 is 23.2 Å². The Labute approximate surface area is 229 Å². The molecule has 1 aliphatic heterocycles. The number of nitrogens with zero attached hydrogens (tertiary/aromatic N) is 2. The van der Waals surface area contributed by atoms with Crippen molar-refractivity contribution in [2.24, 2.45) is 0 Å². The summed E-state index contributed by atoms with van der Waals surface area (Å²) in [7, 11) is 1.71. The number of amides is 2. The summed E-state index contributed by atoms with van der Waals surface area (Å²) in [5.74, 6) is 0.870. The van der Waals surface area contributed by atoms with Crippen LogP contribution < -0.4 is 15.4 Å². The molecule has 1 fully saturated rings. The number of piperazine rings is 1. The number of carbonyl (C=O) groups is 1. The van der Waals surface area contributed by atoms with Crippen molar-refractivity contribution in [1.29, 1.82) is 0 Å². The first-order valence-corrected chi connectivity index (χ1v) is 13.3. The van der Waals surface area contributed by atoms with Gasteiger partial charge in [-0.3, -0.25) is 9.80 Å². The number of para-hydroxylation sites is 1. The fraction of sp³-hybridized carbons (Fsp3) is 0.345. The molecule has 1 heterocycles. The summed E-state index contributed by atoms with van der Waals surface area (Å²) in [5, 5.41) is 7.10. The molecule has 0 aromatic heterocycles. The summed E-state index contributed by atoms with van der Waals surface area (Å²) in [6.07, 6.45) is 0.772. The molecule has 0 aliphatic carbocycles. The molecule has 4 rings (SSSR count). The molecule has 3 aromatic rings. The first-order valence-electron chi connectivity index (χ1n) is 12.6. The lowest BCUT2D eigenvalue weighted by Crippen LogP contribution is -2.47. The minimum absolute atomic E-state index is 0.128. The van der Waals surface area contributed by atoms with Crippen LogP contribution in [0.2, 0.25) is 10.0 Å². The average Bonchev–Trinajstić information content (AvgIpc) is 2.91. The largest absolute Gasteiger partial charge is 0.496 e. The number of carbonyl (C=O) groups excluding carboxylic acids is 1. The molecule has 1 saturated heterocycles. The van der Waals surface area contributed by atoms with E-state index < -0.39 is 0 Å². The number of methoxy groups -OCH3 is 1. The quantitative estimate of drug-likeness (QED) is 0.330. The summed E-state index contributed by atoms with van der Waals surface area (Å²) in [4.78, 5) is 17.4. The molecule has 0 spiro atoms. The fourth-order valence-electron chi connectivity index (χ4n) is 4.74. The Kier molecular flexibility index (Phi) is 9.69. The minimum atomic E-state index is -0.200. The van der Waals surface area contributed by atoms with E-state index in [0.29, 0.717) is 16.6 Å². The van der Waals surface area contributed by atoms with Crippen molar-refractivity contribution in [3.63, 3.8) is 0 Å². The van der Waals surface area contributed by atoms with Crippen molar-refractivity contribution in [3.05, 3.63) is 93.5 Å². The Hall–Kier alpha value is -2.77. The van der Waals surface area contributed by atoms with E-state index in [1.54, 1.807) is 7.11 Å². The Bertz CT molecular complexity index is 1180. The van der Waals surface area contributed by atoms with Crippen molar-refractivity contribution >= 4 is 34.9 Å². The molecular weight excluding hydrogens is 507 g/mol. The van der Waals surface area contributed by atoms with Gasteiger partial charge in [-0.25, -0.2) is 4.79 Å². The Morgan fingerprint density at radius 1 is 0.973 bits per heavy atom. The summed E-state index contributed by atoms with van der Waals surface area (Å²) in [5.41, 5.74) is 4.24. The van der Waals surface area contributed by atoms with Gasteiger partial charge in [-0.05, 0) is 49.2 Å². The van der Waals surface area contributed by atoms with Gasteiger partial charge in [0.05, 0.1) is 17.2 Å². The second-order valence-electron chi connectivity index (χ2n) is 9.35. The Morgan fingerprint density at radius 2 is 1.70 bits per heavy atom. The molecule has 6 nitrogen and oxygen atoms in total. The average molecular weight is 542 g/mol. The van der Waals surface area contributed by atoms with Crippen molar-refractivity contribution < 1.29 is 9.53 Å². The van der Waals surface area contributed by atoms with Crippen LogP contribution in [0.4, 0.5) is 10.5 Å². The predicted molar refractivity (Wildman–Crippen MR) is 152 cm³/mol. The van der Waals surface area contributed by atoms with Gasteiger partial charge in [-0.2, -0.15) is 0 Å². The smallest absolute Gasteiger partial charge is 0.319 e. The van der Waals surface area contributed by atoms with Gasteiger partial charge in [0.15, 0.2) is 0 Å². The molecule has 0 radical (unpaired) electrons. The maximum absolute atomic E-state index is 12.5. The lowest BCUT2D eigenvalue weighted by Gasteiger charge is -2.40. The molecule has 8 heteroatoms. The molecule has 0 bridgehead atoms. The number of nitrogens with one attached hydrogen (secondary N) is 2. The highest BCUT2D eigenvalue weighted by molar-refractivity contribution is 6.42. The van der Waals surface area contributed by atoms with Crippen LogP contribution in [-0.2, 0) is 6.54 Å². The van der Waals surface area contributed by atoms with Crippen LogP contribution in [0.25, 0.3) is 0 Å². The van der Waals surface area contributed by atoms with Crippen molar-refractivity contribution in [2.45, 2.75) is 25.9 Å². The fourth-order valence-corrected chi connectivity index (χ4v) is 5.06. The standard InChI is InChI=1S/C29H34Cl2N4O2/c1-21-7-10-23(11-8-21)33-29(36)32-14-13-27(24-5-3-4-6-28(24)37-2)35-17-15-34(16-18-35)20-22-9-12-25(30)26(31)19-22/h3-12,19,27H,13-18,20H2,1-2H3,(H2,32,33,36). The lowest BCUT2D eigenvalue weighted by molar-refractivity contribution is 0.0869. The van der Waals surface area contributed by atoms with E-state index in [-0.39, 0.29) is 12.1 Å². The van der Waals surface area contributed by atoms with Gasteiger partial charge in [0.2, 0.25) is 0 Å². The maximum Gasteiger partial charge on any atom is 0.319 e. The number of urea groups is 1. The van der Waals surface area contributed by atoms with E-state index in [2.05, 4.69) is 26.5 Å². The summed E-state index contributed by atoms with van der Waals surface area (Å²) in [6.45, 7) is 7.11. The number of halogens is 2. The second-order valence-corrected chi connectivity index (χ2v) is 10.2. The van der Waals surface area contributed by atoms with Crippen molar-refractivity contribution in [1.82, 2.24) is 15.1 Å². The third-order valence-electron chi connectivity index (χ3n) is 6.75. The summed E-state index contributed by atoms with van der Waals surface area (Å²) >= 11 is 12.3. The molecule has 1 aliphatic rings. The van der Waals surface area contributed by atoms with Gasteiger partial charge in [-0.1, -0.05) is 65.2 Å². The highest BCUT2D eigenvalue weighted by Gasteiger charge is 2.27. The third kappa shape index (κ3) is 7.62. The first-order chi connectivity index (χ1) is 17.9. The van der Waals surface area contributed by atoms with E-state index in [0.717, 1.165) is 67.3 Å². The maximum atomic E-state index is 12.5. The third-order valence-corrected chi connectivity index (χ3v) is 7.49. The molecule has 3 aromatic carbocycles. The summed E-state index contributed by atoms with van der Waals surface area (Å²) < 4.78 is 5.69. The number of ether oxygens (including phenoxy) is 1. The van der Waals surface area contributed by atoms with E-state index in [1.165, 1.54) is 0 Å². The van der Waals surface area contributed by atoms with Crippen molar-refractivity contribution in [2.75, 3.05) is 45.2 Å². The first kappa shape index (κ1) is 27.3. The molecule has 196 valence electrons. The monoisotopic (exact) mass is 540 g/mol. The highest BCUT2D eigenvalue weighted by Crippen LogP contribution is 2.32. The minimum Gasteiger partial charge on any atom is -0.496 e. The van der Waals surface area contributed by atoms with Gasteiger partial charge >= 0.3 is 6.03 Å². The van der Waals surface area contributed by atoms with Crippen LogP contribution in [0.15, 0.2) is 66.7 Å². The molecule has 1 unspecified atom stereocenters. The van der Waals surface area contributed by atoms with Crippen LogP contribution in [0, 0.1) is 6.92 Å². The number of anilines is 1. The van der Waals surface area contributed by atoms with Crippen LogP contribution in [-0.4, -0.2) is 55.7 Å². The molecule has 37 heavy (non-hydrogen) atoms. The number of hydrogen-bond acceptors (Lipinski definition) is 4. The lowest BCUT2D eigenvalue weighted by atomic mass is 9.99. The van der Waals surface area contributed by atoms with Crippen LogP contribution in [0.3, 0.4) is 0 Å². The SMILES string of the molecule is COc1ccccc1C(CCNC(=O)Nc1ccc(C)cc1)N1CCN(Cc2ccc(Cl)c(Cl)c2)CC1. The van der Waals surface area contributed by atoms with Gasteiger partial charge in [0.25, 0.3) is 0 Å². The van der Waals surface area contributed by atoms with E-state index in [9.17, 15) is 4.79 Å². The van der Waals surface area contributed by atoms with Gasteiger partial charge < -0.3 is 15.4 Å². The number of aryl methyl sites for hydroxylation is 1. The Balaban J connectivity index is 1.37. The number of hydrogen-bond donors (Lipinski definition) is 2. The van der Waals surface area contributed by atoms with Crippen LogP contribution in [0.1, 0.15) is 29.2 Å². The Morgan fingerprint density at radius 3 is 2.41 bits per heavy atom. The summed E-state index contributed by atoms with van der Waals surface area (Å²) in [6, 6.07) is 21.7. The molecule has 2 amide bonds. The zero-order valence-corrected chi connectivity index (χ0v) is 22.9. The zero-order chi connectivity index (χ0) is 26.2. The molecule has 0 saturated carbocycles. The predicted octanol–water partition coefficient (Wildman–Crippen LogP) is 6.38. The number of rotatable bonds is 9. The topological polar surface area (TPSA) is 56.8 Å². The second kappa shape index (κ2) is 13.2.